The number of amides is 1. The lowest BCUT2D eigenvalue weighted by Crippen LogP contribution is -2.26. The SMILES string of the molecule is COC(=O)c1c(NC(=O)c2csc(CN=C3CCCCC3=C(N)C(F)(F)F)n2)sc(C=O)c1C. The third-order valence-corrected chi connectivity index (χ3v) is 7.13. The Morgan fingerprint density at radius 1 is 1.32 bits per heavy atom. The Bertz CT molecular complexity index is 1180. The molecule has 182 valence electrons. The van der Waals surface area contributed by atoms with Crippen LogP contribution in [0.25, 0.3) is 0 Å². The number of aromatic nitrogens is 1. The van der Waals surface area contributed by atoms with Gasteiger partial charge < -0.3 is 15.8 Å². The molecule has 1 saturated carbocycles. The third kappa shape index (κ3) is 5.53. The summed E-state index contributed by atoms with van der Waals surface area (Å²) < 4.78 is 43.9. The third-order valence-electron chi connectivity index (χ3n) is 5.17. The molecule has 0 radical (unpaired) electrons. The average Bonchev–Trinajstić information content (AvgIpc) is 3.40. The molecule has 2 aromatic heterocycles. The Kier molecular flexibility index (Phi) is 7.87. The zero-order chi connectivity index (χ0) is 25.0. The molecule has 2 heterocycles. The zero-order valence-electron chi connectivity index (χ0n) is 18.2. The predicted octanol–water partition coefficient (Wildman–Crippen LogP) is 4.65. The number of aliphatic imine (C=N–C) groups is 1. The predicted molar refractivity (Wildman–Crippen MR) is 123 cm³/mol. The highest BCUT2D eigenvalue weighted by Crippen LogP contribution is 2.33. The molecule has 0 saturated heterocycles. The molecule has 3 N–H and O–H groups in total. The van der Waals surface area contributed by atoms with Gasteiger partial charge in [0.15, 0.2) is 6.29 Å². The van der Waals surface area contributed by atoms with Crippen molar-refractivity contribution in [2.45, 2.75) is 45.3 Å². The fourth-order valence-corrected chi connectivity index (χ4v) is 5.13. The molecule has 0 bridgehead atoms. The summed E-state index contributed by atoms with van der Waals surface area (Å²) in [4.78, 5) is 44.8. The molecule has 34 heavy (non-hydrogen) atoms. The number of hydrogen-bond acceptors (Lipinski definition) is 9. The molecule has 0 spiro atoms. The van der Waals surface area contributed by atoms with Crippen LogP contribution in [-0.2, 0) is 11.3 Å². The lowest BCUT2D eigenvalue weighted by atomic mass is 9.91. The van der Waals surface area contributed by atoms with E-state index < -0.39 is 23.7 Å². The van der Waals surface area contributed by atoms with Crippen molar-refractivity contribution in [3.05, 3.63) is 43.4 Å². The molecule has 0 atom stereocenters. The van der Waals surface area contributed by atoms with E-state index >= 15 is 0 Å². The van der Waals surface area contributed by atoms with Crippen molar-refractivity contribution >= 4 is 51.5 Å². The van der Waals surface area contributed by atoms with E-state index in [1.54, 1.807) is 6.92 Å². The summed E-state index contributed by atoms with van der Waals surface area (Å²) in [5, 5.41) is 4.64. The topological polar surface area (TPSA) is 124 Å². The van der Waals surface area contributed by atoms with E-state index in [9.17, 15) is 27.6 Å². The molecular weight excluding hydrogens is 493 g/mol. The van der Waals surface area contributed by atoms with Gasteiger partial charge in [-0.3, -0.25) is 14.6 Å². The number of allylic oxidation sites excluding steroid dienone is 2. The number of aldehydes is 1. The maximum Gasteiger partial charge on any atom is 0.431 e. The van der Waals surface area contributed by atoms with Crippen molar-refractivity contribution in [1.82, 2.24) is 4.98 Å². The summed E-state index contributed by atoms with van der Waals surface area (Å²) in [5.74, 6) is -1.31. The second-order valence-electron chi connectivity index (χ2n) is 7.35. The van der Waals surface area contributed by atoms with Crippen molar-refractivity contribution in [3.63, 3.8) is 0 Å². The van der Waals surface area contributed by atoms with Gasteiger partial charge in [-0.25, -0.2) is 9.78 Å². The van der Waals surface area contributed by atoms with Crippen LogP contribution in [0.2, 0.25) is 0 Å². The number of nitrogens with two attached hydrogens (primary N) is 1. The standard InChI is InChI=1S/C21H21F3N4O4S2/c1-10-14(8-29)34-19(16(10)20(31)32-2)28-18(30)13-9-33-15(27-13)7-26-12-6-4-3-5-11(12)17(25)21(22,23)24/h8-9H,3-7,25H2,1-2H3,(H,28,30). The molecule has 1 fully saturated rings. The Hall–Kier alpha value is -3.06. The van der Waals surface area contributed by atoms with Crippen LogP contribution in [0.3, 0.4) is 0 Å². The number of carbonyl (C=O) groups excluding carboxylic acids is 3. The van der Waals surface area contributed by atoms with Crippen LogP contribution in [0.1, 0.15) is 66.8 Å². The Balaban J connectivity index is 1.78. The second-order valence-corrected chi connectivity index (χ2v) is 9.34. The summed E-state index contributed by atoms with van der Waals surface area (Å²) in [6, 6.07) is 0. The quantitative estimate of drug-likeness (QED) is 0.427. The monoisotopic (exact) mass is 514 g/mol. The smallest absolute Gasteiger partial charge is 0.431 e. The number of alkyl halides is 3. The van der Waals surface area contributed by atoms with Gasteiger partial charge in [0.05, 0.1) is 24.1 Å². The number of methoxy groups -OCH3 is 1. The molecule has 1 aliphatic carbocycles. The van der Waals surface area contributed by atoms with Crippen LogP contribution in [0.4, 0.5) is 18.2 Å². The van der Waals surface area contributed by atoms with Gasteiger partial charge in [-0.15, -0.1) is 22.7 Å². The maximum absolute atomic E-state index is 13.1. The summed E-state index contributed by atoms with van der Waals surface area (Å²) in [6.45, 7) is 1.57. The number of thiazole rings is 1. The van der Waals surface area contributed by atoms with E-state index in [2.05, 4.69) is 15.3 Å². The van der Waals surface area contributed by atoms with Gasteiger partial charge in [0.2, 0.25) is 0 Å². The lowest BCUT2D eigenvalue weighted by Gasteiger charge is -2.20. The van der Waals surface area contributed by atoms with Gasteiger partial charge in [-0.05, 0) is 38.2 Å². The number of nitrogens with one attached hydrogen (secondary N) is 1. The minimum absolute atomic E-state index is 0.00271. The summed E-state index contributed by atoms with van der Waals surface area (Å²) in [7, 11) is 1.19. The number of hydrogen-bond donors (Lipinski definition) is 2. The van der Waals surface area contributed by atoms with Gasteiger partial charge in [-0.2, -0.15) is 13.2 Å². The number of anilines is 1. The largest absolute Gasteiger partial charge is 0.465 e. The minimum Gasteiger partial charge on any atom is -0.465 e. The van der Waals surface area contributed by atoms with Gasteiger partial charge in [0.1, 0.15) is 21.4 Å². The first-order valence-corrected chi connectivity index (χ1v) is 11.8. The molecule has 2 aromatic rings. The molecule has 0 aromatic carbocycles. The fraction of sp³-hybridized carbons (Fsp3) is 0.381. The Labute approximate surface area is 200 Å². The van der Waals surface area contributed by atoms with Gasteiger partial charge in [-0.1, -0.05) is 0 Å². The van der Waals surface area contributed by atoms with E-state index in [4.69, 9.17) is 10.5 Å². The van der Waals surface area contributed by atoms with Crippen LogP contribution < -0.4 is 11.1 Å². The number of ether oxygens (including phenoxy) is 1. The number of thiophene rings is 1. The molecule has 1 aliphatic rings. The number of nitrogens with zero attached hydrogens (tertiary/aromatic N) is 2. The van der Waals surface area contributed by atoms with E-state index in [1.807, 2.05) is 0 Å². The van der Waals surface area contributed by atoms with Crippen molar-refractivity contribution < 1.29 is 32.3 Å². The van der Waals surface area contributed by atoms with Gasteiger partial charge in [0.25, 0.3) is 5.91 Å². The first kappa shape index (κ1) is 25.6. The first-order chi connectivity index (χ1) is 16.1. The van der Waals surface area contributed by atoms with Crippen LogP contribution in [0.15, 0.2) is 21.6 Å². The molecule has 0 unspecified atom stereocenters. The van der Waals surface area contributed by atoms with E-state index in [-0.39, 0.29) is 39.7 Å². The highest BCUT2D eigenvalue weighted by atomic mass is 32.1. The Morgan fingerprint density at radius 2 is 2.03 bits per heavy atom. The van der Waals surface area contributed by atoms with E-state index in [0.29, 0.717) is 41.8 Å². The van der Waals surface area contributed by atoms with Gasteiger partial charge in [0, 0.05) is 16.7 Å². The highest BCUT2D eigenvalue weighted by molar-refractivity contribution is 7.18. The molecule has 0 aliphatic heterocycles. The fourth-order valence-electron chi connectivity index (χ4n) is 3.42. The molecule has 13 heteroatoms. The zero-order valence-corrected chi connectivity index (χ0v) is 19.9. The number of rotatable bonds is 6. The lowest BCUT2D eigenvalue weighted by molar-refractivity contribution is -0.0933. The normalized spacial score (nSPS) is 16.9. The van der Waals surface area contributed by atoms with Crippen LogP contribution >= 0.6 is 22.7 Å². The summed E-state index contributed by atoms with van der Waals surface area (Å²) in [6.07, 6.45) is -2.12. The number of esters is 1. The van der Waals surface area contributed by atoms with Crippen molar-refractivity contribution in [3.8, 4) is 0 Å². The number of carbonyl (C=O) groups is 3. The summed E-state index contributed by atoms with van der Waals surface area (Å²) >= 11 is 2.06. The van der Waals surface area contributed by atoms with Crippen LogP contribution in [-0.4, -0.2) is 42.1 Å². The van der Waals surface area contributed by atoms with Crippen molar-refractivity contribution in [2.75, 3.05) is 12.4 Å². The van der Waals surface area contributed by atoms with Gasteiger partial charge >= 0.3 is 12.1 Å². The van der Waals surface area contributed by atoms with Crippen molar-refractivity contribution in [2.24, 2.45) is 10.7 Å². The molecule has 3 rings (SSSR count). The average molecular weight is 515 g/mol. The Morgan fingerprint density at radius 3 is 2.68 bits per heavy atom. The van der Waals surface area contributed by atoms with Crippen LogP contribution in [0.5, 0.6) is 0 Å². The second kappa shape index (κ2) is 10.5. The number of halogens is 3. The molecule has 1 amide bonds. The van der Waals surface area contributed by atoms with Crippen LogP contribution in [0, 0.1) is 6.92 Å². The summed E-state index contributed by atoms with van der Waals surface area (Å²) in [5.41, 5.74) is 5.05. The molecule has 8 nitrogen and oxygen atoms in total. The maximum atomic E-state index is 13.1. The first-order valence-electron chi connectivity index (χ1n) is 10.1. The van der Waals surface area contributed by atoms with Crippen molar-refractivity contribution in [1.29, 1.82) is 0 Å². The minimum atomic E-state index is -4.62. The highest BCUT2D eigenvalue weighted by Gasteiger charge is 2.35. The molecular formula is C21H21F3N4O4S2. The van der Waals surface area contributed by atoms with E-state index in [0.717, 1.165) is 22.7 Å². The van der Waals surface area contributed by atoms with E-state index in [1.165, 1.54) is 12.5 Å².